The molecular formula is C49H55ClF3N5O7S3. The smallest absolute Gasteiger partial charge is 0.395 e. The summed E-state index contributed by atoms with van der Waals surface area (Å²) >= 11 is 7.55. The first-order valence-corrected chi connectivity index (χ1v) is 26.8. The number of halogens is 4. The van der Waals surface area contributed by atoms with E-state index in [1.54, 1.807) is 12.1 Å². The number of nitrogens with zero attached hydrogens (tertiary/aromatic N) is 2. The number of nitrogens with one attached hydrogen (secondary N) is 3. The van der Waals surface area contributed by atoms with Crippen molar-refractivity contribution in [1.29, 1.82) is 0 Å². The Morgan fingerprint density at radius 2 is 1.53 bits per heavy atom. The van der Waals surface area contributed by atoms with Crippen molar-refractivity contribution in [3.63, 3.8) is 0 Å². The summed E-state index contributed by atoms with van der Waals surface area (Å²) in [4.78, 5) is 16.5. The van der Waals surface area contributed by atoms with Gasteiger partial charge >= 0.3 is 5.51 Å². The second-order valence-corrected chi connectivity index (χ2v) is 22.1. The summed E-state index contributed by atoms with van der Waals surface area (Å²) in [5.74, 6) is -0.739. The number of hydrogen-bond acceptors (Lipinski definition) is 12. The minimum absolute atomic E-state index is 0.00495. The maximum absolute atomic E-state index is 14.3. The van der Waals surface area contributed by atoms with Gasteiger partial charge in [-0.2, -0.15) is 13.2 Å². The highest BCUT2D eigenvalue weighted by Gasteiger charge is 2.48. The second kappa shape index (κ2) is 22.8. The molecule has 2 aliphatic heterocycles. The molecule has 1 amide bonds. The van der Waals surface area contributed by atoms with Gasteiger partial charge in [-0.3, -0.25) is 9.69 Å². The van der Waals surface area contributed by atoms with E-state index in [1.807, 2.05) is 83.6 Å². The predicted octanol–water partition coefficient (Wildman–Crippen LogP) is 8.38. The lowest BCUT2D eigenvalue weighted by Gasteiger charge is -2.36. The van der Waals surface area contributed by atoms with Crippen LogP contribution in [0.2, 0.25) is 5.02 Å². The van der Waals surface area contributed by atoms with Gasteiger partial charge in [0.25, 0.3) is 25.8 Å². The summed E-state index contributed by atoms with van der Waals surface area (Å²) in [6.45, 7) is 3.74. The number of hydrogen-bond donors (Lipinski definition) is 5. The van der Waals surface area contributed by atoms with Gasteiger partial charge in [0.05, 0.1) is 23.3 Å². The fraction of sp³-hybridized carbons (Fsp3) is 0.367. The quantitative estimate of drug-likeness (QED) is 0.0374. The molecule has 364 valence electrons. The molecule has 12 nitrogen and oxygen atoms in total. The van der Waals surface area contributed by atoms with Gasteiger partial charge in [0.1, 0.15) is 4.90 Å². The van der Waals surface area contributed by atoms with Crippen molar-refractivity contribution in [3.8, 4) is 11.1 Å². The number of sulfone groups is 1. The maximum atomic E-state index is 14.3. The molecule has 0 spiro atoms. The standard InChI is InChI=1S/C49H55ClF3N5O7S3/c50-37-16-12-34(13-17-37)43-10-4-5-11-44(43)47(60)35-22-27-58(28-23-35)39-18-14-36(15-19-39)48(61)56-68(64,65)42-20-21-45(46(32-42)67(62,63)49(51,52)53)55-38(33-66-41-8-2-1-3-9-41)31-40-7-6-26-57(40)29-24-54-25-30-59/h1-5,8-21,32,35,38,40,47,54-55,59-60H,6-7,22-31,33H2,(H,56,61)/t38-,40+,47-/m1/s1. The summed E-state index contributed by atoms with van der Waals surface area (Å²) in [5, 5.41) is 27.5. The Labute approximate surface area is 405 Å². The Morgan fingerprint density at radius 1 is 0.838 bits per heavy atom. The average molecular weight is 1010 g/mol. The third-order valence-corrected chi connectivity index (χ3v) is 16.8. The van der Waals surface area contributed by atoms with E-state index in [4.69, 9.17) is 16.7 Å². The van der Waals surface area contributed by atoms with E-state index in [0.29, 0.717) is 68.8 Å². The second-order valence-electron chi connectivity index (χ2n) is 17.0. The Kier molecular flexibility index (Phi) is 17.2. The van der Waals surface area contributed by atoms with Crippen molar-refractivity contribution < 1.29 is 45.0 Å². The number of aliphatic hydroxyl groups is 2. The molecule has 2 heterocycles. The molecule has 2 fully saturated rings. The van der Waals surface area contributed by atoms with Gasteiger partial charge in [0.15, 0.2) is 0 Å². The lowest BCUT2D eigenvalue weighted by molar-refractivity contribution is -0.0435. The number of sulfonamides is 1. The number of thioether (sulfide) groups is 1. The number of anilines is 2. The molecule has 5 N–H and O–H groups in total. The Balaban J connectivity index is 1.03. The van der Waals surface area contributed by atoms with Gasteiger partial charge in [-0.15, -0.1) is 11.8 Å². The Hall–Kier alpha value is -4.66. The van der Waals surface area contributed by atoms with Crippen molar-refractivity contribution in [2.75, 3.05) is 61.8 Å². The number of rotatable bonds is 20. The van der Waals surface area contributed by atoms with Crippen LogP contribution in [0.15, 0.2) is 136 Å². The van der Waals surface area contributed by atoms with E-state index in [2.05, 4.69) is 20.4 Å². The summed E-state index contributed by atoms with van der Waals surface area (Å²) in [6, 6.07) is 32.6. The monoisotopic (exact) mass is 1010 g/mol. The molecular weight excluding hydrogens is 959 g/mol. The summed E-state index contributed by atoms with van der Waals surface area (Å²) < 4.78 is 98.5. The van der Waals surface area contributed by atoms with Gasteiger partial charge in [-0.25, -0.2) is 21.6 Å². The first-order valence-electron chi connectivity index (χ1n) is 22.4. The summed E-state index contributed by atoms with van der Waals surface area (Å²) in [7, 11) is -11.0. The molecule has 3 atom stereocenters. The van der Waals surface area contributed by atoms with Crippen LogP contribution in [-0.4, -0.2) is 107 Å². The number of alkyl halides is 3. The van der Waals surface area contributed by atoms with E-state index in [9.17, 15) is 39.9 Å². The molecule has 68 heavy (non-hydrogen) atoms. The van der Waals surface area contributed by atoms with Crippen molar-refractivity contribution in [2.45, 2.75) is 70.5 Å². The number of piperidine rings is 1. The zero-order valence-electron chi connectivity index (χ0n) is 37.1. The van der Waals surface area contributed by atoms with Crippen LogP contribution in [0.1, 0.15) is 54.1 Å². The topological polar surface area (TPSA) is 168 Å². The van der Waals surface area contributed by atoms with E-state index < -0.39 is 58.9 Å². The lowest BCUT2D eigenvalue weighted by atomic mass is 9.84. The molecule has 0 unspecified atom stereocenters. The van der Waals surface area contributed by atoms with Crippen molar-refractivity contribution in [2.24, 2.45) is 5.92 Å². The number of carbonyl (C=O) groups excluding carboxylic acids is 1. The summed E-state index contributed by atoms with van der Waals surface area (Å²) in [5.41, 5.74) is -2.77. The fourth-order valence-electron chi connectivity index (χ4n) is 8.89. The fourth-order valence-corrected chi connectivity index (χ4v) is 12.0. The maximum Gasteiger partial charge on any atom is 0.501 e. The lowest BCUT2D eigenvalue weighted by Crippen LogP contribution is -2.40. The van der Waals surface area contributed by atoms with Crippen LogP contribution in [0.4, 0.5) is 24.5 Å². The number of likely N-dealkylation sites (tertiary alicyclic amines) is 1. The zero-order valence-corrected chi connectivity index (χ0v) is 40.3. The third-order valence-electron chi connectivity index (χ3n) is 12.5. The van der Waals surface area contributed by atoms with Gasteiger partial charge in [0, 0.05) is 71.7 Å². The highest BCUT2D eigenvalue weighted by atomic mass is 35.5. The van der Waals surface area contributed by atoms with E-state index in [-0.39, 0.29) is 24.1 Å². The number of benzene rings is 5. The van der Waals surface area contributed by atoms with Crippen LogP contribution < -0.4 is 20.3 Å². The van der Waals surface area contributed by atoms with Gasteiger partial charge in [-0.05, 0) is 128 Å². The van der Waals surface area contributed by atoms with E-state index in [1.165, 1.54) is 23.9 Å². The Bertz CT molecular complexity index is 2700. The van der Waals surface area contributed by atoms with Gasteiger partial charge in [0.2, 0.25) is 0 Å². The van der Waals surface area contributed by atoms with E-state index in [0.717, 1.165) is 58.8 Å². The molecule has 0 radical (unpaired) electrons. The van der Waals surface area contributed by atoms with Crippen LogP contribution in [0.5, 0.6) is 0 Å². The molecule has 0 aliphatic carbocycles. The Morgan fingerprint density at radius 3 is 2.22 bits per heavy atom. The van der Waals surface area contributed by atoms with Crippen molar-refractivity contribution in [1.82, 2.24) is 14.9 Å². The normalized spacial score (nSPS) is 17.2. The first-order chi connectivity index (χ1) is 32.5. The van der Waals surface area contributed by atoms with Crippen molar-refractivity contribution in [3.05, 3.63) is 137 Å². The third kappa shape index (κ3) is 12.8. The van der Waals surface area contributed by atoms with Gasteiger partial charge in [-0.1, -0.05) is 66.2 Å². The van der Waals surface area contributed by atoms with Crippen LogP contribution in [0, 0.1) is 5.92 Å². The molecule has 2 saturated heterocycles. The molecule has 5 aromatic carbocycles. The van der Waals surface area contributed by atoms with Crippen molar-refractivity contribution >= 4 is 60.5 Å². The van der Waals surface area contributed by atoms with Crippen LogP contribution in [-0.2, 0) is 19.9 Å². The van der Waals surface area contributed by atoms with E-state index >= 15 is 0 Å². The first kappa shape index (κ1) is 51.2. The molecule has 7 rings (SSSR count). The average Bonchev–Trinajstić information content (AvgIpc) is 3.78. The van der Waals surface area contributed by atoms with Gasteiger partial charge < -0.3 is 25.7 Å². The number of carbonyl (C=O) groups is 1. The zero-order chi connectivity index (χ0) is 48.5. The highest BCUT2D eigenvalue weighted by molar-refractivity contribution is 7.99. The molecule has 0 bridgehead atoms. The predicted molar refractivity (Wildman–Crippen MR) is 261 cm³/mol. The number of amides is 1. The minimum Gasteiger partial charge on any atom is -0.395 e. The number of aliphatic hydroxyl groups excluding tert-OH is 2. The SMILES string of the molecule is O=C(NS(=O)(=O)c1ccc(N[C@@H](CSc2ccccc2)C[C@@H]2CCCN2CCNCCO)c(S(=O)(=O)C(F)(F)F)c1)c1ccc(N2CCC([C@@H](O)c3ccccc3-c3ccc(Cl)cc3)CC2)cc1. The molecule has 2 aliphatic rings. The van der Waals surface area contributed by atoms with Crippen LogP contribution >= 0.6 is 23.4 Å². The molecule has 0 saturated carbocycles. The summed E-state index contributed by atoms with van der Waals surface area (Å²) in [6.07, 6.45) is 2.80. The molecule has 0 aromatic heterocycles. The van der Waals surface area contributed by atoms with Crippen LogP contribution in [0.25, 0.3) is 11.1 Å². The molecule has 19 heteroatoms. The largest absolute Gasteiger partial charge is 0.501 e. The van der Waals surface area contributed by atoms with Crippen LogP contribution in [0.3, 0.4) is 0 Å². The highest BCUT2D eigenvalue weighted by Crippen LogP contribution is 2.39. The minimum atomic E-state index is -6.10. The molecule has 5 aromatic rings.